The molecule has 1 aromatic carbocycles. The second-order valence-electron chi connectivity index (χ2n) is 4.93. The number of nitrogens with two attached hydrogens (primary N) is 1. The first-order chi connectivity index (χ1) is 10.5. The Labute approximate surface area is 134 Å². The molecule has 1 rings (SSSR count). The Morgan fingerprint density at radius 3 is 2.55 bits per heavy atom. The highest BCUT2D eigenvalue weighted by molar-refractivity contribution is 6.31. The highest BCUT2D eigenvalue weighted by Gasteiger charge is 2.12. The second kappa shape index (κ2) is 10.0. The lowest BCUT2D eigenvalue weighted by Gasteiger charge is -2.09. The van der Waals surface area contributed by atoms with Crippen LogP contribution in [0.4, 0.5) is 0 Å². The number of amides is 1. The third-order valence-electron chi connectivity index (χ3n) is 3.17. The summed E-state index contributed by atoms with van der Waals surface area (Å²) in [6.07, 6.45) is 4.53. The molecular formula is C15H21ClN2O4. The zero-order valence-corrected chi connectivity index (χ0v) is 13.1. The van der Waals surface area contributed by atoms with Gasteiger partial charge in [0.25, 0.3) is 5.91 Å². The van der Waals surface area contributed by atoms with E-state index in [-0.39, 0.29) is 18.1 Å². The molecule has 4 N–H and O–H groups in total. The van der Waals surface area contributed by atoms with Crippen molar-refractivity contribution < 1.29 is 19.5 Å². The van der Waals surface area contributed by atoms with Crippen LogP contribution in [0, 0.1) is 0 Å². The summed E-state index contributed by atoms with van der Waals surface area (Å²) in [4.78, 5) is 27.0. The van der Waals surface area contributed by atoms with E-state index in [1.54, 1.807) is 12.1 Å². The standard InChI is InChI=1S/C15H21ClN2O4/c16-11-7-8-13(22-17)12(10-11)15(21)18-9-5-3-1-2-4-6-14(19)20/h7-8,10H,1-6,9,17H2,(H,18,21)(H,19,20). The average Bonchev–Trinajstić information content (AvgIpc) is 2.49. The predicted octanol–water partition coefficient (Wildman–Crippen LogP) is 2.75. The summed E-state index contributed by atoms with van der Waals surface area (Å²) >= 11 is 5.85. The average molecular weight is 329 g/mol. The van der Waals surface area contributed by atoms with E-state index in [9.17, 15) is 9.59 Å². The molecule has 0 aliphatic carbocycles. The highest BCUT2D eigenvalue weighted by atomic mass is 35.5. The van der Waals surface area contributed by atoms with Crippen LogP contribution in [0.1, 0.15) is 48.9 Å². The molecule has 0 fully saturated rings. The minimum Gasteiger partial charge on any atom is -0.481 e. The van der Waals surface area contributed by atoms with Crippen LogP contribution in [0.5, 0.6) is 5.75 Å². The lowest BCUT2D eigenvalue weighted by Crippen LogP contribution is -2.25. The molecule has 22 heavy (non-hydrogen) atoms. The number of carbonyl (C=O) groups is 2. The van der Waals surface area contributed by atoms with Crippen molar-refractivity contribution in [3.05, 3.63) is 28.8 Å². The summed E-state index contributed by atoms with van der Waals surface area (Å²) in [6, 6.07) is 4.64. The van der Waals surface area contributed by atoms with E-state index in [4.69, 9.17) is 22.6 Å². The molecule has 7 heteroatoms. The fraction of sp³-hybridized carbons (Fsp3) is 0.467. The maximum atomic E-state index is 12.0. The van der Waals surface area contributed by atoms with Gasteiger partial charge in [-0.25, -0.2) is 0 Å². The topological polar surface area (TPSA) is 102 Å². The molecule has 0 radical (unpaired) electrons. The largest absolute Gasteiger partial charge is 0.481 e. The molecule has 0 spiro atoms. The van der Waals surface area contributed by atoms with Gasteiger partial charge in [-0.1, -0.05) is 30.9 Å². The number of hydrogen-bond donors (Lipinski definition) is 3. The molecule has 0 bridgehead atoms. The number of carboxylic acid groups (broad SMARTS) is 1. The third kappa shape index (κ3) is 6.78. The zero-order valence-electron chi connectivity index (χ0n) is 12.3. The normalized spacial score (nSPS) is 10.3. The van der Waals surface area contributed by atoms with Crippen molar-refractivity contribution >= 4 is 23.5 Å². The van der Waals surface area contributed by atoms with Crippen LogP contribution in [0.2, 0.25) is 5.02 Å². The summed E-state index contributed by atoms with van der Waals surface area (Å²) in [6.45, 7) is 0.536. The molecular weight excluding hydrogens is 308 g/mol. The van der Waals surface area contributed by atoms with Crippen LogP contribution >= 0.6 is 11.6 Å². The van der Waals surface area contributed by atoms with E-state index < -0.39 is 5.97 Å². The zero-order chi connectivity index (χ0) is 16.4. The predicted molar refractivity (Wildman–Crippen MR) is 83.9 cm³/mol. The molecule has 0 atom stereocenters. The van der Waals surface area contributed by atoms with Crippen molar-refractivity contribution in [1.82, 2.24) is 5.32 Å². The number of unbranched alkanes of at least 4 members (excludes halogenated alkanes) is 4. The van der Waals surface area contributed by atoms with E-state index >= 15 is 0 Å². The number of nitrogens with one attached hydrogen (secondary N) is 1. The van der Waals surface area contributed by atoms with Crippen LogP contribution in [0.25, 0.3) is 0 Å². The highest BCUT2D eigenvalue weighted by Crippen LogP contribution is 2.21. The molecule has 0 saturated heterocycles. The lowest BCUT2D eigenvalue weighted by atomic mass is 10.1. The summed E-state index contributed by atoms with van der Waals surface area (Å²) in [5, 5.41) is 11.7. The minimum atomic E-state index is -0.758. The van der Waals surface area contributed by atoms with Crippen LogP contribution in [-0.4, -0.2) is 23.5 Å². The maximum Gasteiger partial charge on any atom is 0.303 e. The van der Waals surface area contributed by atoms with E-state index in [1.165, 1.54) is 6.07 Å². The molecule has 0 heterocycles. The van der Waals surface area contributed by atoms with Gasteiger partial charge in [0.1, 0.15) is 0 Å². The van der Waals surface area contributed by atoms with E-state index in [2.05, 4.69) is 10.2 Å². The van der Waals surface area contributed by atoms with Crippen molar-refractivity contribution in [1.29, 1.82) is 0 Å². The van der Waals surface area contributed by atoms with Gasteiger partial charge in [-0.2, -0.15) is 5.90 Å². The number of hydrogen-bond acceptors (Lipinski definition) is 4. The van der Waals surface area contributed by atoms with Crippen molar-refractivity contribution in [3.8, 4) is 5.75 Å². The molecule has 1 aromatic rings. The summed E-state index contributed by atoms with van der Waals surface area (Å²) in [7, 11) is 0. The van der Waals surface area contributed by atoms with Gasteiger partial charge in [-0.15, -0.1) is 0 Å². The van der Waals surface area contributed by atoms with Gasteiger partial charge in [-0.3, -0.25) is 9.59 Å². The van der Waals surface area contributed by atoms with Crippen molar-refractivity contribution in [2.75, 3.05) is 6.54 Å². The van der Waals surface area contributed by atoms with Gasteiger partial charge in [0.05, 0.1) is 5.56 Å². The Bertz CT molecular complexity index is 508. The Balaban J connectivity index is 2.24. The van der Waals surface area contributed by atoms with Gasteiger partial charge in [-0.05, 0) is 31.0 Å². The van der Waals surface area contributed by atoms with E-state index in [0.29, 0.717) is 23.6 Å². The molecule has 0 aliphatic heterocycles. The SMILES string of the molecule is NOc1ccc(Cl)cc1C(=O)NCCCCCCCC(=O)O. The minimum absolute atomic E-state index is 0.216. The summed E-state index contributed by atoms with van der Waals surface area (Å²) in [5.74, 6) is 4.35. The summed E-state index contributed by atoms with van der Waals surface area (Å²) in [5.41, 5.74) is 0.302. The smallest absolute Gasteiger partial charge is 0.303 e. The molecule has 0 aromatic heterocycles. The molecule has 1 amide bonds. The maximum absolute atomic E-state index is 12.0. The number of carboxylic acids is 1. The first-order valence-corrected chi connectivity index (χ1v) is 7.58. The number of carbonyl (C=O) groups excluding carboxylic acids is 1. The van der Waals surface area contributed by atoms with Crippen molar-refractivity contribution in [3.63, 3.8) is 0 Å². The molecule has 122 valence electrons. The fourth-order valence-corrected chi connectivity index (χ4v) is 2.18. The van der Waals surface area contributed by atoms with Crippen LogP contribution < -0.4 is 16.1 Å². The van der Waals surface area contributed by atoms with Crippen LogP contribution in [0.3, 0.4) is 0 Å². The lowest BCUT2D eigenvalue weighted by molar-refractivity contribution is -0.137. The van der Waals surface area contributed by atoms with E-state index in [0.717, 1.165) is 25.7 Å². The molecule has 0 saturated carbocycles. The second-order valence-corrected chi connectivity index (χ2v) is 5.36. The Kier molecular flexibility index (Phi) is 8.32. The molecule has 0 aliphatic rings. The molecule has 6 nitrogen and oxygen atoms in total. The first kappa shape index (κ1) is 18.3. The van der Waals surface area contributed by atoms with Gasteiger partial charge in [0.2, 0.25) is 0 Å². The third-order valence-corrected chi connectivity index (χ3v) is 3.40. The number of rotatable bonds is 10. The molecule has 0 unspecified atom stereocenters. The van der Waals surface area contributed by atoms with Gasteiger partial charge in [0.15, 0.2) is 5.75 Å². The summed E-state index contributed by atoms with van der Waals surface area (Å²) < 4.78 is 0. The quantitative estimate of drug-likeness (QED) is 0.453. The Morgan fingerprint density at radius 1 is 1.18 bits per heavy atom. The van der Waals surface area contributed by atoms with Crippen molar-refractivity contribution in [2.24, 2.45) is 5.90 Å². The van der Waals surface area contributed by atoms with Crippen molar-refractivity contribution in [2.45, 2.75) is 38.5 Å². The monoisotopic (exact) mass is 328 g/mol. The van der Waals surface area contributed by atoms with Gasteiger partial charge >= 0.3 is 5.97 Å². The Hall–Kier alpha value is -1.79. The number of halogens is 1. The van der Waals surface area contributed by atoms with Crippen LogP contribution in [0.15, 0.2) is 18.2 Å². The van der Waals surface area contributed by atoms with E-state index in [1.807, 2.05) is 0 Å². The van der Waals surface area contributed by atoms with Gasteiger partial charge in [0, 0.05) is 18.0 Å². The van der Waals surface area contributed by atoms with Gasteiger partial charge < -0.3 is 15.3 Å². The first-order valence-electron chi connectivity index (χ1n) is 7.21. The van der Waals surface area contributed by atoms with Crippen LogP contribution in [-0.2, 0) is 4.79 Å². The Morgan fingerprint density at radius 2 is 1.86 bits per heavy atom. The fourth-order valence-electron chi connectivity index (χ4n) is 2.01. The number of aliphatic carboxylic acids is 1. The number of benzene rings is 1.